The van der Waals surface area contributed by atoms with Gasteiger partial charge in [0, 0.05) is 0 Å². The summed E-state index contributed by atoms with van der Waals surface area (Å²) in [6.07, 6.45) is -0.105. The standard InChI is InChI=1S/C13H15NO5/c1-8-7-19-12-9(13(17)14-8)3-2-4-10(12)18-6-5-11(15)16/h2-4,8H,5-7H2,1H3,(H,14,17)(H,15,16). The van der Waals surface area contributed by atoms with Gasteiger partial charge in [0.1, 0.15) is 6.61 Å². The number of aliphatic carboxylic acids is 1. The number of hydrogen-bond acceptors (Lipinski definition) is 4. The summed E-state index contributed by atoms with van der Waals surface area (Å²) in [6.45, 7) is 2.22. The Morgan fingerprint density at radius 3 is 3.11 bits per heavy atom. The van der Waals surface area contributed by atoms with Crippen molar-refractivity contribution in [1.82, 2.24) is 5.32 Å². The summed E-state index contributed by atoms with van der Waals surface area (Å²) in [5.41, 5.74) is 0.400. The number of para-hydroxylation sites is 1. The van der Waals surface area contributed by atoms with Crippen molar-refractivity contribution in [3.63, 3.8) is 0 Å². The zero-order valence-corrected chi connectivity index (χ0v) is 10.5. The molecule has 1 unspecified atom stereocenters. The minimum atomic E-state index is -0.936. The zero-order chi connectivity index (χ0) is 13.8. The van der Waals surface area contributed by atoms with E-state index in [0.717, 1.165) is 0 Å². The summed E-state index contributed by atoms with van der Waals surface area (Å²) in [5, 5.41) is 11.4. The molecule has 1 aromatic carbocycles. The lowest BCUT2D eigenvalue weighted by Gasteiger charge is -2.12. The van der Waals surface area contributed by atoms with E-state index in [2.05, 4.69) is 5.32 Å². The Morgan fingerprint density at radius 2 is 2.37 bits per heavy atom. The molecule has 0 aliphatic carbocycles. The van der Waals surface area contributed by atoms with Crippen LogP contribution in [0.5, 0.6) is 11.5 Å². The molecule has 0 spiro atoms. The Balaban J connectivity index is 2.20. The molecule has 6 nitrogen and oxygen atoms in total. The second-order valence-electron chi connectivity index (χ2n) is 4.31. The number of carbonyl (C=O) groups is 2. The Morgan fingerprint density at radius 1 is 1.58 bits per heavy atom. The van der Waals surface area contributed by atoms with Crippen molar-refractivity contribution >= 4 is 11.9 Å². The molecule has 102 valence electrons. The number of benzene rings is 1. The molecule has 0 aromatic heterocycles. The molecule has 0 bridgehead atoms. The molecule has 0 saturated heterocycles. The van der Waals surface area contributed by atoms with Gasteiger partial charge in [0.05, 0.1) is 24.6 Å². The second kappa shape index (κ2) is 5.60. The van der Waals surface area contributed by atoms with Crippen molar-refractivity contribution in [2.75, 3.05) is 13.2 Å². The van der Waals surface area contributed by atoms with E-state index >= 15 is 0 Å². The summed E-state index contributed by atoms with van der Waals surface area (Å²) >= 11 is 0. The Labute approximate surface area is 110 Å². The molecular weight excluding hydrogens is 250 g/mol. The van der Waals surface area contributed by atoms with Crippen LogP contribution in [0.2, 0.25) is 0 Å². The third-order valence-electron chi connectivity index (χ3n) is 2.65. The average molecular weight is 265 g/mol. The van der Waals surface area contributed by atoms with Gasteiger partial charge in [0.2, 0.25) is 0 Å². The lowest BCUT2D eigenvalue weighted by atomic mass is 10.1. The van der Waals surface area contributed by atoms with Gasteiger partial charge in [0.15, 0.2) is 11.5 Å². The van der Waals surface area contributed by atoms with E-state index in [1.807, 2.05) is 6.92 Å². The van der Waals surface area contributed by atoms with Gasteiger partial charge in [-0.05, 0) is 19.1 Å². The largest absolute Gasteiger partial charge is 0.489 e. The highest BCUT2D eigenvalue weighted by molar-refractivity contribution is 5.98. The second-order valence-corrected chi connectivity index (χ2v) is 4.31. The first kappa shape index (κ1) is 13.2. The van der Waals surface area contributed by atoms with Crippen LogP contribution in [-0.4, -0.2) is 36.2 Å². The van der Waals surface area contributed by atoms with Crippen LogP contribution >= 0.6 is 0 Å². The number of ether oxygens (including phenoxy) is 2. The van der Waals surface area contributed by atoms with Gasteiger partial charge < -0.3 is 19.9 Å². The molecule has 19 heavy (non-hydrogen) atoms. The molecule has 1 amide bonds. The summed E-state index contributed by atoms with van der Waals surface area (Å²) in [5.74, 6) is -0.393. The Kier molecular flexibility index (Phi) is 3.89. The predicted octanol–water partition coefficient (Wildman–Crippen LogP) is 1.05. The van der Waals surface area contributed by atoms with Crippen LogP contribution in [0.25, 0.3) is 0 Å². The van der Waals surface area contributed by atoms with E-state index in [1.165, 1.54) is 0 Å². The maximum atomic E-state index is 11.9. The van der Waals surface area contributed by atoms with Crippen molar-refractivity contribution < 1.29 is 24.2 Å². The smallest absolute Gasteiger partial charge is 0.306 e. The summed E-state index contributed by atoms with van der Waals surface area (Å²) < 4.78 is 10.9. The topological polar surface area (TPSA) is 84.9 Å². The molecule has 1 aromatic rings. The maximum Gasteiger partial charge on any atom is 0.306 e. The van der Waals surface area contributed by atoms with Gasteiger partial charge in [-0.1, -0.05) is 6.07 Å². The minimum absolute atomic E-state index is 0.0340. The third kappa shape index (κ3) is 3.15. The lowest BCUT2D eigenvalue weighted by molar-refractivity contribution is -0.137. The molecule has 1 aliphatic heterocycles. The highest BCUT2D eigenvalue weighted by atomic mass is 16.5. The van der Waals surface area contributed by atoms with Crippen LogP contribution in [0.1, 0.15) is 23.7 Å². The van der Waals surface area contributed by atoms with Crippen LogP contribution < -0.4 is 14.8 Å². The quantitative estimate of drug-likeness (QED) is 0.850. The zero-order valence-electron chi connectivity index (χ0n) is 10.5. The van der Waals surface area contributed by atoms with Crippen molar-refractivity contribution in [1.29, 1.82) is 0 Å². The molecule has 2 N–H and O–H groups in total. The highest BCUT2D eigenvalue weighted by Crippen LogP contribution is 2.32. The Bertz CT molecular complexity index is 500. The number of amides is 1. The molecule has 1 aliphatic rings. The van der Waals surface area contributed by atoms with Crippen LogP contribution in [0.15, 0.2) is 18.2 Å². The predicted molar refractivity (Wildman–Crippen MR) is 66.6 cm³/mol. The third-order valence-corrected chi connectivity index (χ3v) is 2.65. The van der Waals surface area contributed by atoms with Gasteiger partial charge in [-0.2, -0.15) is 0 Å². The number of carbonyl (C=O) groups excluding carboxylic acids is 1. The molecule has 0 fully saturated rings. The molecule has 2 rings (SSSR count). The van der Waals surface area contributed by atoms with E-state index in [1.54, 1.807) is 18.2 Å². The Hall–Kier alpha value is -2.24. The molecule has 1 atom stereocenters. The van der Waals surface area contributed by atoms with E-state index < -0.39 is 5.97 Å². The monoisotopic (exact) mass is 265 g/mol. The number of carboxylic acids is 1. The normalized spacial score (nSPS) is 17.7. The van der Waals surface area contributed by atoms with E-state index in [9.17, 15) is 9.59 Å². The van der Waals surface area contributed by atoms with Crippen LogP contribution in [0.3, 0.4) is 0 Å². The number of carboxylic acid groups (broad SMARTS) is 1. The number of rotatable bonds is 4. The number of nitrogens with one attached hydrogen (secondary N) is 1. The van der Waals surface area contributed by atoms with E-state index in [-0.39, 0.29) is 25.0 Å². The minimum Gasteiger partial charge on any atom is -0.489 e. The summed E-state index contributed by atoms with van der Waals surface area (Å²) in [6, 6.07) is 4.89. The van der Waals surface area contributed by atoms with Gasteiger partial charge in [-0.3, -0.25) is 9.59 Å². The lowest BCUT2D eigenvalue weighted by Crippen LogP contribution is -2.33. The fraction of sp³-hybridized carbons (Fsp3) is 0.385. The number of fused-ring (bicyclic) bond motifs is 1. The highest BCUT2D eigenvalue weighted by Gasteiger charge is 2.23. The van der Waals surface area contributed by atoms with Gasteiger partial charge >= 0.3 is 5.97 Å². The molecular formula is C13H15NO5. The first-order valence-electron chi connectivity index (χ1n) is 5.99. The van der Waals surface area contributed by atoms with E-state index in [0.29, 0.717) is 23.7 Å². The van der Waals surface area contributed by atoms with Crippen LogP contribution in [-0.2, 0) is 4.79 Å². The fourth-order valence-corrected chi connectivity index (χ4v) is 1.76. The van der Waals surface area contributed by atoms with Crippen molar-refractivity contribution in [3.05, 3.63) is 23.8 Å². The van der Waals surface area contributed by atoms with Gasteiger partial charge in [-0.25, -0.2) is 0 Å². The van der Waals surface area contributed by atoms with E-state index in [4.69, 9.17) is 14.6 Å². The molecule has 6 heteroatoms. The van der Waals surface area contributed by atoms with Crippen molar-refractivity contribution in [2.45, 2.75) is 19.4 Å². The molecule has 1 heterocycles. The summed E-state index contributed by atoms with van der Waals surface area (Å²) in [4.78, 5) is 22.4. The first-order valence-corrected chi connectivity index (χ1v) is 5.99. The maximum absolute atomic E-state index is 11.9. The first-order chi connectivity index (χ1) is 9.08. The molecule has 0 saturated carbocycles. The van der Waals surface area contributed by atoms with Gasteiger partial charge in [0.25, 0.3) is 5.91 Å². The van der Waals surface area contributed by atoms with Crippen molar-refractivity contribution in [3.8, 4) is 11.5 Å². The van der Waals surface area contributed by atoms with Crippen LogP contribution in [0, 0.1) is 0 Å². The van der Waals surface area contributed by atoms with Crippen molar-refractivity contribution in [2.24, 2.45) is 0 Å². The molecule has 0 radical (unpaired) electrons. The fourth-order valence-electron chi connectivity index (χ4n) is 1.76. The SMILES string of the molecule is CC1COc2c(OCCC(=O)O)cccc2C(=O)N1. The van der Waals surface area contributed by atoms with Crippen LogP contribution in [0.4, 0.5) is 0 Å². The average Bonchev–Trinajstić information content (AvgIpc) is 2.49. The summed E-state index contributed by atoms with van der Waals surface area (Å²) in [7, 11) is 0. The number of hydrogen-bond donors (Lipinski definition) is 2. The van der Waals surface area contributed by atoms with Gasteiger partial charge in [-0.15, -0.1) is 0 Å².